The maximum absolute atomic E-state index is 13.6. The molecule has 0 N–H and O–H groups in total. The zero-order valence-electron chi connectivity index (χ0n) is 17.5. The summed E-state index contributed by atoms with van der Waals surface area (Å²) in [5.74, 6) is -0.909. The Morgan fingerprint density at radius 3 is 1.52 bits per heavy atom. The molecule has 0 aliphatic carbocycles. The second-order valence-electron chi connectivity index (χ2n) is 7.43. The molecule has 0 bridgehead atoms. The number of hydrogen-bond acceptors (Lipinski definition) is 3. The van der Waals surface area contributed by atoms with Crippen LogP contribution in [0.15, 0.2) is 115 Å². The van der Waals surface area contributed by atoms with Gasteiger partial charge in [-0.05, 0) is 66.8 Å². The largest absolute Gasteiger partial charge is 0.317 e. The topological polar surface area (TPSA) is 45.6 Å². The molecule has 6 heteroatoms. The van der Waals surface area contributed by atoms with Crippen LogP contribution in [0, 0.1) is 0 Å². The Bertz CT molecular complexity index is 1300. The van der Waals surface area contributed by atoms with Crippen LogP contribution < -0.4 is 9.80 Å². The highest BCUT2D eigenvalue weighted by molar-refractivity contribution is 7.81. The molecule has 0 unspecified atom stereocenters. The van der Waals surface area contributed by atoms with Gasteiger partial charge in [0.15, 0.2) is 5.11 Å². The minimum atomic E-state index is -0.454. The number of carbonyl (C=O) groups is 2. The highest BCUT2D eigenvalue weighted by atomic mass is 32.1. The van der Waals surface area contributed by atoms with Crippen molar-refractivity contribution in [1.29, 1.82) is 0 Å². The summed E-state index contributed by atoms with van der Waals surface area (Å²) in [5, 5.41) is 0.123. The minimum Gasteiger partial charge on any atom is -0.317 e. The van der Waals surface area contributed by atoms with E-state index in [0.717, 1.165) is 5.69 Å². The van der Waals surface area contributed by atoms with Crippen molar-refractivity contribution in [2.75, 3.05) is 9.80 Å². The van der Waals surface area contributed by atoms with E-state index in [4.69, 9.17) is 12.2 Å². The molecule has 1 aliphatic rings. The van der Waals surface area contributed by atoms with Crippen LogP contribution in [0.25, 0.3) is 11.8 Å². The zero-order valence-corrected chi connectivity index (χ0v) is 18.4. The van der Waals surface area contributed by atoms with Crippen LogP contribution in [0.4, 0.5) is 11.4 Å². The lowest BCUT2D eigenvalue weighted by Crippen LogP contribution is -2.56. The van der Waals surface area contributed by atoms with E-state index in [1.165, 1.54) is 9.80 Å². The Kier molecular flexibility index (Phi) is 5.42. The van der Waals surface area contributed by atoms with Gasteiger partial charge in [-0.15, -0.1) is 0 Å². The van der Waals surface area contributed by atoms with E-state index in [0.29, 0.717) is 17.1 Å². The Morgan fingerprint density at radius 2 is 1.03 bits per heavy atom. The van der Waals surface area contributed by atoms with Gasteiger partial charge in [-0.1, -0.05) is 54.6 Å². The molecular weight excluding hydrogens is 430 g/mol. The Hall–Kier alpha value is -4.29. The molecule has 33 heavy (non-hydrogen) atoms. The molecule has 0 radical (unpaired) electrons. The Labute approximate surface area is 196 Å². The fourth-order valence-electron chi connectivity index (χ4n) is 3.82. The van der Waals surface area contributed by atoms with Gasteiger partial charge < -0.3 is 4.57 Å². The first-order chi connectivity index (χ1) is 16.1. The third kappa shape index (κ3) is 3.77. The van der Waals surface area contributed by atoms with Gasteiger partial charge in [0, 0.05) is 17.6 Å². The van der Waals surface area contributed by atoms with Crippen molar-refractivity contribution in [3.05, 3.63) is 121 Å². The molecule has 1 aliphatic heterocycles. The van der Waals surface area contributed by atoms with Gasteiger partial charge in [-0.25, -0.2) is 0 Å². The zero-order chi connectivity index (χ0) is 22.8. The van der Waals surface area contributed by atoms with Crippen molar-refractivity contribution in [3.8, 4) is 5.69 Å². The normalized spacial score (nSPS) is 14.1. The summed E-state index contributed by atoms with van der Waals surface area (Å²) in [4.78, 5) is 30.0. The molecule has 1 fully saturated rings. The number of anilines is 2. The van der Waals surface area contributed by atoms with Crippen molar-refractivity contribution >= 4 is 46.6 Å². The SMILES string of the molecule is O=C1C(=Cc2cccn2-c2ccccc2)C(=O)N(c2ccccc2)C(=S)N1c1ccccc1. The number of hydrogen-bond donors (Lipinski definition) is 0. The standard InChI is InChI=1S/C27H19N3O2S/c31-25-24(19-23-17-10-18-28(23)20-11-4-1-5-12-20)26(32)30(22-15-8-3-9-16-22)27(33)29(25)21-13-6-2-7-14-21/h1-19H. The summed E-state index contributed by atoms with van der Waals surface area (Å²) in [6.07, 6.45) is 3.53. The monoisotopic (exact) mass is 449 g/mol. The summed E-state index contributed by atoms with van der Waals surface area (Å²) in [6.45, 7) is 0. The summed E-state index contributed by atoms with van der Waals surface area (Å²) in [5.41, 5.74) is 2.88. The molecule has 0 saturated carbocycles. The van der Waals surface area contributed by atoms with Gasteiger partial charge in [0.05, 0.1) is 11.4 Å². The predicted octanol–water partition coefficient (Wildman–Crippen LogP) is 5.23. The van der Waals surface area contributed by atoms with Crippen molar-refractivity contribution in [2.45, 2.75) is 0 Å². The third-order valence-corrected chi connectivity index (χ3v) is 5.75. The van der Waals surface area contributed by atoms with Crippen molar-refractivity contribution in [2.24, 2.45) is 0 Å². The van der Waals surface area contributed by atoms with Crippen molar-refractivity contribution in [1.82, 2.24) is 4.57 Å². The van der Waals surface area contributed by atoms with E-state index < -0.39 is 11.8 Å². The van der Waals surface area contributed by atoms with Gasteiger partial charge >= 0.3 is 0 Å². The fourth-order valence-corrected chi connectivity index (χ4v) is 4.20. The van der Waals surface area contributed by atoms with E-state index >= 15 is 0 Å². The molecule has 5 rings (SSSR count). The van der Waals surface area contributed by atoms with Gasteiger partial charge in [-0.3, -0.25) is 19.4 Å². The molecule has 2 amide bonds. The fraction of sp³-hybridized carbons (Fsp3) is 0. The predicted molar refractivity (Wildman–Crippen MR) is 134 cm³/mol. The number of aromatic nitrogens is 1. The van der Waals surface area contributed by atoms with Crippen LogP contribution in [-0.2, 0) is 9.59 Å². The number of thiocarbonyl (C=S) groups is 1. The Balaban J connectivity index is 1.65. The molecule has 0 spiro atoms. The van der Waals surface area contributed by atoms with Gasteiger partial charge in [0.1, 0.15) is 5.57 Å². The average Bonchev–Trinajstić information content (AvgIpc) is 3.32. The molecule has 160 valence electrons. The second kappa shape index (κ2) is 8.68. The third-order valence-electron chi connectivity index (χ3n) is 5.39. The van der Waals surface area contributed by atoms with E-state index in [1.807, 2.05) is 89.6 Å². The molecule has 0 atom stereocenters. The maximum Gasteiger partial charge on any atom is 0.270 e. The van der Waals surface area contributed by atoms with E-state index in [9.17, 15) is 9.59 Å². The smallest absolute Gasteiger partial charge is 0.270 e. The first kappa shape index (κ1) is 20.6. The first-order valence-corrected chi connectivity index (χ1v) is 10.8. The van der Waals surface area contributed by atoms with Crippen LogP contribution in [0.3, 0.4) is 0 Å². The average molecular weight is 450 g/mol. The van der Waals surface area contributed by atoms with Gasteiger partial charge in [-0.2, -0.15) is 0 Å². The summed E-state index contributed by atoms with van der Waals surface area (Å²) in [6, 6.07) is 31.8. The number of amides is 2. The molecule has 2 heterocycles. The molecule has 4 aromatic rings. The second-order valence-corrected chi connectivity index (χ2v) is 7.80. The molecule has 5 nitrogen and oxygen atoms in total. The molecule has 3 aromatic carbocycles. The number of nitrogens with zero attached hydrogens (tertiary/aromatic N) is 3. The van der Waals surface area contributed by atoms with Crippen LogP contribution in [-0.4, -0.2) is 21.5 Å². The number of carbonyl (C=O) groups excluding carboxylic acids is 2. The quantitative estimate of drug-likeness (QED) is 0.244. The van der Waals surface area contributed by atoms with Crippen molar-refractivity contribution in [3.63, 3.8) is 0 Å². The lowest BCUT2D eigenvalue weighted by molar-refractivity contribution is -0.120. The Morgan fingerprint density at radius 1 is 0.576 bits per heavy atom. The number of benzene rings is 3. The van der Waals surface area contributed by atoms with Crippen LogP contribution in [0.5, 0.6) is 0 Å². The summed E-state index contributed by atoms with van der Waals surface area (Å²) < 4.78 is 1.93. The first-order valence-electron chi connectivity index (χ1n) is 10.4. The van der Waals surface area contributed by atoms with Crippen molar-refractivity contribution < 1.29 is 9.59 Å². The lowest BCUT2D eigenvalue weighted by Gasteiger charge is -2.36. The summed E-state index contributed by atoms with van der Waals surface area (Å²) >= 11 is 5.65. The van der Waals surface area contributed by atoms with Crippen LogP contribution >= 0.6 is 12.2 Å². The lowest BCUT2D eigenvalue weighted by atomic mass is 10.1. The summed E-state index contributed by atoms with van der Waals surface area (Å²) in [7, 11) is 0. The van der Waals surface area contributed by atoms with E-state index in [1.54, 1.807) is 30.3 Å². The number of para-hydroxylation sites is 3. The van der Waals surface area contributed by atoms with E-state index in [2.05, 4.69) is 0 Å². The molecular formula is C27H19N3O2S. The van der Waals surface area contributed by atoms with Gasteiger partial charge in [0.25, 0.3) is 11.8 Å². The maximum atomic E-state index is 13.6. The number of rotatable bonds is 4. The van der Waals surface area contributed by atoms with E-state index in [-0.39, 0.29) is 10.7 Å². The molecule has 1 saturated heterocycles. The van der Waals surface area contributed by atoms with Crippen LogP contribution in [0.1, 0.15) is 5.69 Å². The van der Waals surface area contributed by atoms with Crippen LogP contribution in [0.2, 0.25) is 0 Å². The minimum absolute atomic E-state index is 0.0344. The highest BCUT2D eigenvalue weighted by Crippen LogP contribution is 2.30. The highest BCUT2D eigenvalue weighted by Gasteiger charge is 2.41. The van der Waals surface area contributed by atoms with Gasteiger partial charge in [0.2, 0.25) is 0 Å². The molecule has 1 aromatic heterocycles.